The molecule has 1 amide bonds. The van der Waals surface area contributed by atoms with E-state index in [1.807, 2.05) is 38.1 Å². The maximum atomic E-state index is 12.6. The van der Waals surface area contributed by atoms with E-state index in [0.717, 1.165) is 17.3 Å². The summed E-state index contributed by atoms with van der Waals surface area (Å²) in [6.45, 7) is 6.33. The van der Waals surface area contributed by atoms with Crippen molar-refractivity contribution in [1.29, 1.82) is 0 Å². The van der Waals surface area contributed by atoms with Crippen molar-refractivity contribution in [2.45, 2.75) is 39.2 Å². The number of hydrogen-bond acceptors (Lipinski definition) is 4. The number of aromatic nitrogens is 1. The quantitative estimate of drug-likeness (QED) is 0.844. The first-order valence-corrected chi connectivity index (χ1v) is 7.92. The van der Waals surface area contributed by atoms with E-state index in [9.17, 15) is 4.79 Å². The lowest BCUT2D eigenvalue weighted by Gasteiger charge is -2.26. The first-order valence-electron chi connectivity index (χ1n) is 7.92. The zero-order valence-corrected chi connectivity index (χ0v) is 14.2. The molecule has 5 nitrogen and oxygen atoms in total. The van der Waals surface area contributed by atoms with Crippen LogP contribution in [0, 0.1) is 0 Å². The van der Waals surface area contributed by atoms with Crippen molar-refractivity contribution >= 4 is 22.5 Å². The number of rotatable bonds is 7. The van der Waals surface area contributed by atoms with Gasteiger partial charge in [-0.25, -0.2) is 0 Å². The van der Waals surface area contributed by atoms with Crippen LogP contribution in [0.3, 0.4) is 0 Å². The highest BCUT2D eigenvalue weighted by Gasteiger charge is 2.32. The van der Waals surface area contributed by atoms with Crippen molar-refractivity contribution in [3.05, 3.63) is 30.5 Å². The van der Waals surface area contributed by atoms with Gasteiger partial charge in [0.2, 0.25) is 0 Å². The molecule has 0 aliphatic rings. The van der Waals surface area contributed by atoms with E-state index < -0.39 is 5.60 Å². The fourth-order valence-electron chi connectivity index (χ4n) is 2.57. The van der Waals surface area contributed by atoms with Crippen LogP contribution >= 0.6 is 0 Å². The van der Waals surface area contributed by atoms with Gasteiger partial charge in [-0.3, -0.25) is 9.78 Å². The molecule has 0 aliphatic carbocycles. The Hall–Kier alpha value is -2.14. The zero-order valence-electron chi connectivity index (χ0n) is 14.2. The van der Waals surface area contributed by atoms with Gasteiger partial charge < -0.3 is 14.8 Å². The van der Waals surface area contributed by atoms with Gasteiger partial charge >= 0.3 is 0 Å². The van der Waals surface area contributed by atoms with E-state index >= 15 is 0 Å². The number of methoxy groups -OCH3 is 1. The zero-order chi connectivity index (χ0) is 16.9. The monoisotopic (exact) mass is 316 g/mol. The fraction of sp³-hybridized carbons (Fsp3) is 0.444. The lowest BCUT2D eigenvalue weighted by atomic mass is 9.99. The standard InChI is InChI=1S/C18H24N2O3/c1-5-11-18(3,22-4)17(21)20-14-9-10-15(23-6-2)16-13(14)8-7-12-19-16/h7-10,12H,5-6,11H2,1-4H3,(H,20,21)/t18-/m0/s1. The van der Waals surface area contributed by atoms with Gasteiger partial charge in [-0.05, 0) is 44.5 Å². The van der Waals surface area contributed by atoms with Crippen LogP contribution in [0.15, 0.2) is 30.5 Å². The van der Waals surface area contributed by atoms with E-state index in [0.29, 0.717) is 24.5 Å². The molecule has 1 atom stereocenters. The predicted molar refractivity (Wildman–Crippen MR) is 91.9 cm³/mol. The summed E-state index contributed by atoms with van der Waals surface area (Å²) in [5.41, 5.74) is 0.602. The van der Waals surface area contributed by atoms with Gasteiger partial charge in [0.1, 0.15) is 16.9 Å². The number of amides is 1. The number of carbonyl (C=O) groups is 1. The Kier molecular flexibility index (Phi) is 5.55. The molecule has 5 heteroatoms. The van der Waals surface area contributed by atoms with Gasteiger partial charge in [0.25, 0.3) is 5.91 Å². The van der Waals surface area contributed by atoms with E-state index in [4.69, 9.17) is 9.47 Å². The Balaban J connectivity index is 2.37. The molecule has 0 unspecified atom stereocenters. The van der Waals surface area contributed by atoms with Crippen LogP contribution in [0.2, 0.25) is 0 Å². The molecule has 1 aromatic carbocycles. The molecule has 1 aromatic heterocycles. The molecule has 0 bridgehead atoms. The van der Waals surface area contributed by atoms with Crippen LogP contribution in [-0.2, 0) is 9.53 Å². The maximum absolute atomic E-state index is 12.6. The normalized spacial score (nSPS) is 13.6. The Morgan fingerprint density at radius 2 is 2.09 bits per heavy atom. The average molecular weight is 316 g/mol. The second-order valence-electron chi connectivity index (χ2n) is 5.58. The van der Waals surface area contributed by atoms with Gasteiger partial charge in [0, 0.05) is 18.7 Å². The number of benzene rings is 1. The summed E-state index contributed by atoms with van der Waals surface area (Å²) >= 11 is 0. The van der Waals surface area contributed by atoms with E-state index in [1.165, 1.54) is 0 Å². The van der Waals surface area contributed by atoms with Crippen molar-refractivity contribution in [1.82, 2.24) is 4.98 Å². The SMILES string of the molecule is CCC[C@](C)(OC)C(=O)Nc1ccc(OCC)c2ncccc12. The number of nitrogens with zero attached hydrogens (tertiary/aromatic N) is 1. The van der Waals surface area contributed by atoms with E-state index in [1.54, 1.807) is 20.2 Å². The minimum Gasteiger partial charge on any atom is -0.492 e. The number of nitrogens with one attached hydrogen (secondary N) is 1. The predicted octanol–water partition coefficient (Wildman–Crippen LogP) is 3.78. The van der Waals surface area contributed by atoms with Crippen LogP contribution in [0.25, 0.3) is 10.9 Å². The molecule has 2 aromatic rings. The molecule has 1 N–H and O–H groups in total. The molecule has 1 heterocycles. The van der Waals surface area contributed by atoms with Crippen molar-refractivity contribution in [2.75, 3.05) is 19.0 Å². The van der Waals surface area contributed by atoms with Crippen LogP contribution < -0.4 is 10.1 Å². The van der Waals surface area contributed by atoms with Crippen molar-refractivity contribution < 1.29 is 14.3 Å². The molecule has 0 saturated heterocycles. The number of hydrogen-bond donors (Lipinski definition) is 1. The Bertz CT molecular complexity index is 687. The number of fused-ring (bicyclic) bond motifs is 1. The lowest BCUT2D eigenvalue weighted by molar-refractivity contribution is -0.136. The van der Waals surface area contributed by atoms with Gasteiger partial charge in [-0.1, -0.05) is 13.3 Å². The molecule has 0 spiro atoms. The smallest absolute Gasteiger partial charge is 0.256 e. The first-order chi connectivity index (χ1) is 11.1. The van der Waals surface area contributed by atoms with Crippen LogP contribution in [0.1, 0.15) is 33.6 Å². The molecular weight excluding hydrogens is 292 g/mol. The average Bonchev–Trinajstić information content (AvgIpc) is 2.57. The van der Waals surface area contributed by atoms with Gasteiger partial charge in [-0.15, -0.1) is 0 Å². The van der Waals surface area contributed by atoms with E-state index in [2.05, 4.69) is 10.3 Å². The summed E-state index contributed by atoms with van der Waals surface area (Å²) < 4.78 is 11.0. The highest BCUT2D eigenvalue weighted by molar-refractivity contribution is 6.05. The molecule has 23 heavy (non-hydrogen) atoms. The van der Waals surface area contributed by atoms with Crippen LogP contribution in [0.5, 0.6) is 5.75 Å². The Morgan fingerprint density at radius 3 is 2.74 bits per heavy atom. The van der Waals surface area contributed by atoms with Gasteiger partial charge in [0.15, 0.2) is 0 Å². The Labute approximate surface area is 137 Å². The van der Waals surface area contributed by atoms with Crippen molar-refractivity contribution in [3.63, 3.8) is 0 Å². The topological polar surface area (TPSA) is 60.5 Å². The molecule has 0 radical (unpaired) electrons. The summed E-state index contributed by atoms with van der Waals surface area (Å²) in [6, 6.07) is 7.44. The molecular formula is C18H24N2O3. The third-order valence-corrected chi connectivity index (χ3v) is 3.94. The molecule has 0 aliphatic heterocycles. The molecule has 0 fully saturated rings. The number of carbonyl (C=O) groups excluding carboxylic acids is 1. The molecule has 0 saturated carbocycles. The molecule has 124 valence electrons. The summed E-state index contributed by atoms with van der Waals surface area (Å²) in [5, 5.41) is 3.82. The van der Waals surface area contributed by atoms with Crippen molar-refractivity contribution in [2.24, 2.45) is 0 Å². The number of pyridine rings is 1. The minimum absolute atomic E-state index is 0.156. The maximum Gasteiger partial charge on any atom is 0.256 e. The Morgan fingerprint density at radius 1 is 1.30 bits per heavy atom. The largest absolute Gasteiger partial charge is 0.492 e. The lowest BCUT2D eigenvalue weighted by Crippen LogP contribution is -2.41. The summed E-state index contributed by atoms with van der Waals surface area (Å²) in [4.78, 5) is 17.0. The number of ether oxygens (including phenoxy) is 2. The highest BCUT2D eigenvalue weighted by atomic mass is 16.5. The van der Waals surface area contributed by atoms with Gasteiger partial charge in [0.05, 0.1) is 12.3 Å². The van der Waals surface area contributed by atoms with E-state index in [-0.39, 0.29) is 5.91 Å². The third-order valence-electron chi connectivity index (χ3n) is 3.94. The molecule has 2 rings (SSSR count). The van der Waals surface area contributed by atoms with Gasteiger partial charge in [-0.2, -0.15) is 0 Å². The van der Waals surface area contributed by atoms with Crippen molar-refractivity contribution in [3.8, 4) is 5.75 Å². The fourth-order valence-corrected chi connectivity index (χ4v) is 2.57. The van der Waals surface area contributed by atoms with Crippen LogP contribution in [0.4, 0.5) is 5.69 Å². The summed E-state index contributed by atoms with van der Waals surface area (Å²) in [7, 11) is 1.56. The second-order valence-corrected chi connectivity index (χ2v) is 5.58. The first kappa shape index (κ1) is 17.2. The second kappa shape index (κ2) is 7.42. The minimum atomic E-state index is -0.845. The summed E-state index contributed by atoms with van der Waals surface area (Å²) in [6.07, 6.45) is 3.23. The third kappa shape index (κ3) is 3.62. The number of anilines is 1. The summed E-state index contributed by atoms with van der Waals surface area (Å²) in [5.74, 6) is 0.556. The highest BCUT2D eigenvalue weighted by Crippen LogP contribution is 2.31. The van der Waals surface area contributed by atoms with Crippen LogP contribution in [-0.4, -0.2) is 30.2 Å².